The van der Waals surface area contributed by atoms with Crippen LogP contribution in [0.4, 0.5) is 0 Å². The SMILES string of the molecule is CCCCC/C=C/C=C/C(C)(C)CCO. The zero-order valence-electron chi connectivity index (χ0n) is 10.5. The molecular weight excluding hydrogens is 184 g/mol. The highest BCUT2D eigenvalue weighted by Gasteiger charge is 2.11. The number of unbranched alkanes of at least 4 members (excludes halogenated alkanes) is 3. The summed E-state index contributed by atoms with van der Waals surface area (Å²) in [6.07, 6.45) is 14.5. The monoisotopic (exact) mass is 210 g/mol. The quantitative estimate of drug-likeness (QED) is 0.472. The van der Waals surface area contributed by atoms with Gasteiger partial charge in [0, 0.05) is 6.61 Å². The molecule has 0 atom stereocenters. The summed E-state index contributed by atoms with van der Waals surface area (Å²) in [5, 5.41) is 8.85. The molecule has 1 N–H and O–H groups in total. The van der Waals surface area contributed by atoms with E-state index >= 15 is 0 Å². The van der Waals surface area contributed by atoms with Gasteiger partial charge in [0.2, 0.25) is 0 Å². The van der Waals surface area contributed by atoms with Crippen molar-refractivity contribution in [3.05, 3.63) is 24.3 Å². The second-order valence-electron chi connectivity index (χ2n) is 4.75. The maximum absolute atomic E-state index is 8.85. The van der Waals surface area contributed by atoms with E-state index < -0.39 is 0 Å². The summed E-state index contributed by atoms with van der Waals surface area (Å²) in [4.78, 5) is 0. The fourth-order valence-electron chi connectivity index (χ4n) is 1.37. The zero-order valence-corrected chi connectivity index (χ0v) is 10.5. The Morgan fingerprint density at radius 1 is 1.13 bits per heavy atom. The van der Waals surface area contributed by atoms with E-state index in [1.165, 1.54) is 25.7 Å². The molecule has 0 heterocycles. The van der Waals surface area contributed by atoms with E-state index in [9.17, 15) is 0 Å². The Hall–Kier alpha value is -0.560. The highest BCUT2D eigenvalue weighted by atomic mass is 16.3. The second-order valence-corrected chi connectivity index (χ2v) is 4.75. The third-order valence-electron chi connectivity index (χ3n) is 2.53. The van der Waals surface area contributed by atoms with Crippen LogP contribution in [-0.4, -0.2) is 11.7 Å². The molecule has 0 aliphatic carbocycles. The molecule has 0 fully saturated rings. The molecule has 0 radical (unpaired) electrons. The van der Waals surface area contributed by atoms with Crippen molar-refractivity contribution in [2.45, 2.75) is 52.9 Å². The summed E-state index contributed by atoms with van der Waals surface area (Å²) in [6.45, 7) is 6.77. The predicted octanol–water partition coefficient (Wildman–Crippen LogP) is 4.09. The maximum Gasteiger partial charge on any atom is 0.0439 e. The predicted molar refractivity (Wildman–Crippen MR) is 67.9 cm³/mol. The number of hydrogen-bond acceptors (Lipinski definition) is 1. The van der Waals surface area contributed by atoms with Gasteiger partial charge >= 0.3 is 0 Å². The van der Waals surface area contributed by atoms with Crippen LogP contribution in [0.1, 0.15) is 52.9 Å². The van der Waals surface area contributed by atoms with Gasteiger partial charge in [-0.2, -0.15) is 0 Å². The topological polar surface area (TPSA) is 20.2 Å². The van der Waals surface area contributed by atoms with Gasteiger partial charge in [-0.1, -0.05) is 57.9 Å². The number of rotatable bonds is 8. The zero-order chi connectivity index (χ0) is 11.6. The summed E-state index contributed by atoms with van der Waals surface area (Å²) >= 11 is 0. The van der Waals surface area contributed by atoms with Crippen LogP contribution in [-0.2, 0) is 0 Å². The maximum atomic E-state index is 8.85. The Kier molecular flexibility index (Phi) is 8.40. The molecule has 0 spiro atoms. The molecule has 0 rings (SSSR count). The lowest BCUT2D eigenvalue weighted by atomic mass is 9.89. The summed E-state index contributed by atoms with van der Waals surface area (Å²) in [5.74, 6) is 0. The van der Waals surface area contributed by atoms with Crippen molar-refractivity contribution < 1.29 is 5.11 Å². The summed E-state index contributed by atoms with van der Waals surface area (Å²) in [5.41, 5.74) is 0.114. The van der Waals surface area contributed by atoms with E-state index in [1.807, 2.05) is 0 Å². The van der Waals surface area contributed by atoms with E-state index in [2.05, 4.69) is 45.1 Å². The van der Waals surface area contributed by atoms with E-state index in [1.54, 1.807) is 0 Å². The van der Waals surface area contributed by atoms with Gasteiger partial charge in [-0.05, 0) is 24.7 Å². The summed E-state index contributed by atoms with van der Waals surface area (Å²) in [6, 6.07) is 0. The largest absolute Gasteiger partial charge is 0.396 e. The van der Waals surface area contributed by atoms with Gasteiger partial charge in [-0.25, -0.2) is 0 Å². The standard InChI is InChI=1S/C14H26O/c1-4-5-6-7-8-9-10-11-14(2,3)12-13-15/h8-11,15H,4-7,12-13H2,1-3H3/b9-8+,11-10+. The Balaban J connectivity index is 3.68. The van der Waals surface area contributed by atoms with Crippen molar-refractivity contribution >= 4 is 0 Å². The molecule has 0 saturated carbocycles. The first kappa shape index (κ1) is 14.4. The molecule has 0 amide bonds. The molecule has 0 aromatic carbocycles. The van der Waals surface area contributed by atoms with Crippen LogP contribution in [0.3, 0.4) is 0 Å². The van der Waals surface area contributed by atoms with Crippen LogP contribution >= 0.6 is 0 Å². The van der Waals surface area contributed by atoms with Crippen LogP contribution in [0.15, 0.2) is 24.3 Å². The molecule has 1 nitrogen and oxygen atoms in total. The van der Waals surface area contributed by atoms with Gasteiger partial charge in [0.15, 0.2) is 0 Å². The van der Waals surface area contributed by atoms with E-state index in [0.717, 1.165) is 6.42 Å². The first-order chi connectivity index (χ1) is 7.12. The highest BCUT2D eigenvalue weighted by molar-refractivity contribution is 5.06. The van der Waals surface area contributed by atoms with Gasteiger partial charge in [0.1, 0.15) is 0 Å². The van der Waals surface area contributed by atoms with Gasteiger partial charge in [0.25, 0.3) is 0 Å². The molecule has 88 valence electrons. The molecule has 1 heteroatoms. The van der Waals surface area contributed by atoms with Gasteiger partial charge in [-0.3, -0.25) is 0 Å². The lowest BCUT2D eigenvalue weighted by molar-refractivity contribution is 0.241. The van der Waals surface area contributed by atoms with Crippen LogP contribution in [0.5, 0.6) is 0 Å². The van der Waals surface area contributed by atoms with Crippen molar-refractivity contribution in [1.82, 2.24) is 0 Å². The lowest BCUT2D eigenvalue weighted by Crippen LogP contribution is -2.09. The molecule has 0 aliphatic heterocycles. The fraction of sp³-hybridized carbons (Fsp3) is 0.714. The third-order valence-corrected chi connectivity index (χ3v) is 2.53. The Bertz CT molecular complexity index is 190. The van der Waals surface area contributed by atoms with E-state index in [0.29, 0.717) is 0 Å². The molecule has 0 bridgehead atoms. The molecular formula is C14H26O. The first-order valence-electron chi connectivity index (χ1n) is 6.07. The van der Waals surface area contributed by atoms with E-state index in [4.69, 9.17) is 5.11 Å². The number of aliphatic hydroxyl groups is 1. The molecule has 0 saturated heterocycles. The first-order valence-corrected chi connectivity index (χ1v) is 6.07. The van der Waals surface area contributed by atoms with E-state index in [-0.39, 0.29) is 12.0 Å². The fourth-order valence-corrected chi connectivity index (χ4v) is 1.37. The van der Waals surface area contributed by atoms with Gasteiger partial charge in [-0.15, -0.1) is 0 Å². The van der Waals surface area contributed by atoms with Crippen LogP contribution in [0.25, 0.3) is 0 Å². The minimum Gasteiger partial charge on any atom is -0.396 e. The van der Waals surface area contributed by atoms with Crippen LogP contribution in [0, 0.1) is 5.41 Å². The Morgan fingerprint density at radius 3 is 2.47 bits per heavy atom. The molecule has 0 aliphatic rings. The number of aliphatic hydroxyl groups excluding tert-OH is 1. The Morgan fingerprint density at radius 2 is 1.87 bits per heavy atom. The summed E-state index contributed by atoms with van der Waals surface area (Å²) < 4.78 is 0. The number of allylic oxidation sites excluding steroid dienone is 4. The van der Waals surface area contributed by atoms with Crippen molar-refractivity contribution in [3.8, 4) is 0 Å². The minimum absolute atomic E-state index is 0.114. The highest BCUT2D eigenvalue weighted by Crippen LogP contribution is 2.21. The van der Waals surface area contributed by atoms with Gasteiger partial charge < -0.3 is 5.11 Å². The smallest absolute Gasteiger partial charge is 0.0439 e. The van der Waals surface area contributed by atoms with Crippen molar-refractivity contribution in [3.63, 3.8) is 0 Å². The Labute approximate surface area is 94.9 Å². The van der Waals surface area contributed by atoms with Crippen molar-refractivity contribution in [2.24, 2.45) is 5.41 Å². The third kappa shape index (κ3) is 9.74. The average Bonchev–Trinajstić information content (AvgIpc) is 2.16. The molecule has 0 aromatic heterocycles. The summed E-state index contributed by atoms with van der Waals surface area (Å²) in [7, 11) is 0. The number of hydrogen-bond donors (Lipinski definition) is 1. The normalized spacial score (nSPS) is 13.1. The molecule has 0 aromatic rings. The van der Waals surface area contributed by atoms with Crippen molar-refractivity contribution in [2.75, 3.05) is 6.61 Å². The molecule has 15 heavy (non-hydrogen) atoms. The second kappa shape index (κ2) is 8.72. The van der Waals surface area contributed by atoms with Crippen molar-refractivity contribution in [1.29, 1.82) is 0 Å². The molecule has 0 unspecified atom stereocenters. The average molecular weight is 210 g/mol. The van der Waals surface area contributed by atoms with Crippen LogP contribution < -0.4 is 0 Å². The lowest BCUT2D eigenvalue weighted by Gasteiger charge is -2.17. The minimum atomic E-state index is 0.114. The van der Waals surface area contributed by atoms with Crippen LogP contribution in [0.2, 0.25) is 0 Å². The van der Waals surface area contributed by atoms with Gasteiger partial charge in [0.05, 0.1) is 0 Å².